The van der Waals surface area contributed by atoms with Gasteiger partial charge in [0.25, 0.3) is 0 Å². The fourth-order valence-electron chi connectivity index (χ4n) is 1.13. The van der Waals surface area contributed by atoms with Crippen molar-refractivity contribution in [3.05, 3.63) is 22.3 Å². The Labute approximate surface area is 104 Å². The molecule has 1 atom stereocenters. The number of anilines is 1. The number of nitrogens with two attached hydrogens (primary N) is 1. The zero-order valence-electron chi connectivity index (χ0n) is 9.62. The second-order valence-corrected chi connectivity index (χ2v) is 4.88. The van der Waals surface area contributed by atoms with Crippen LogP contribution in [0.15, 0.2) is 16.6 Å². The molecule has 1 rings (SSSR count). The van der Waals surface area contributed by atoms with E-state index in [9.17, 15) is 4.79 Å². The fourth-order valence-corrected chi connectivity index (χ4v) is 1.35. The molecule has 0 unspecified atom stereocenters. The largest absolute Gasteiger partial charge is 0.320 e. The van der Waals surface area contributed by atoms with Gasteiger partial charge in [-0.15, -0.1) is 0 Å². The highest BCUT2D eigenvalue weighted by Gasteiger charge is 2.17. The zero-order chi connectivity index (χ0) is 12.3. The van der Waals surface area contributed by atoms with Crippen LogP contribution >= 0.6 is 15.9 Å². The summed E-state index contributed by atoms with van der Waals surface area (Å²) in [6.45, 7) is 5.68. The van der Waals surface area contributed by atoms with Crippen molar-refractivity contribution in [1.82, 2.24) is 4.98 Å². The number of nitrogens with zero attached hydrogens (tertiary/aromatic N) is 1. The molecule has 1 aromatic heterocycles. The summed E-state index contributed by atoms with van der Waals surface area (Å²) in [5, 5.41) is 2.70. The molecule has 0 saturated heterocycles. The number of carbonyl (C=O) groups excluding carboxylic acids is 1. The third-order valence-corrected chi connectivity index (χ3v) is 3.13. The lowest BCUT2D eigenvalue weighted by molar-refractivity contribution is -0.118. The SMILES string of the molecule is Cc1nc(NC(=O)[C@H](N)C(C)C)ccc1Br. The van der Waals surface area contributed by atoms with E-state index in [2.05, 4.69) is 26.2 Å². The number of carbonyl (C=O) groups is 1. The van der Waals surface area contributed by atoms with Crippen LogP contribution in [0.3, 0.4) is 0 Å². The highest BCUT2D eigenvalue weighted by atomic mass is 79.9. The van der Waals surface area contributed by atoms with Gasteiger partial charge in [0, 0.05) is 4.47 Å². The molecule has 0 spiro atoms. The maximum Gasteiger partial charge on any atom is 0.242 e. The van der Waals surface area contributed by atoms with E-state index in [4.69, 9.17) is 5.73 Å². The number of aryl methyl sites for hydroxylation is 1. The molecular weight excluding hydrogens is 270 g/mol. The number of hydrogen-bond donors (Lipinski definition) is 2. The van der Waals surface area contributed by atoms with Crippen molar-refractivity contribution in [3.8, 4) is 0 Å². The number of pyridine rings is 1. The Morgan fingerprint density at radius 2 is 2.12 bits per heavy atom. The van der Waals surface area contributed by atoms with Crippen molar-refractivity contribution in [2.75, 3.05) is 5.32 Å². The van der Waals surface area contributed by atoms with Crippen molar-refractivity contribution < 1.29 is 4.79 Å². The van der Waals surface area contributed by atoms with Gasteiger partial charge in [-0.25, -0.2) is 4.98 Å². The second kappa shape index (κ2) is 5.41. The second-order valence-electron chi connectivity index (χ2n) is 4.02. The molecule has 0 aromatic carbocycles. The third-order valence-electron chi connectivity index (χ3n) is 2.29. The zero-order valence-corrected chi connectivity index (χ0v) is 11.2. The van der Waals surface area contributed by atoms with Crippen molar-refractivity contribution >= 4 is 27.7 Å². The first-order valence-electron chi connectivity index (χ1n) is 5.11. The number of rotatable bonds is 3. The summed E-state index contributed by atoms with van der Waals surface area (Å²) >= 11 is 3.35. The van der Waals surface area contributed by atoms with Crippen LogP contribution in [0, 0.1) is 12.8 Å². The van der Waals surface area contributed by atoms with Gasteiger partial charge in [0.15, 0.2) is 0 Å². The van der Waals surface area contributed by atoms with E-state index < -0.39 is 6.04 Å². The van der Waals surface area contributed by atoms with Crippen LogP contribution in [-0.2, 0) is 4.79 Å². The monoisotopic (exact) mass is 285 g/mol. The smallest absolute Gasteiger partial charge is 0.242 e. The average Bonchev–Trinajstić information content (AvgIpc) is 2.22. The fraction of sp³-hybridized carbons (Fsp3) is 0.455. The quantitative estimate of drug-likeness (QED) is 0.893. The number of nitrogens with one attached hydrogen (secondary N) is 1. The average molecular weight is 286 g/mol. The molecule has 0 radical (unpaired) electrons. The normalized spacial score (nSPS) is 12.6. The van der Waals surface area contributed by atoms with E-state index in [0.717, 1.165) is 10.2 Å². The molecule has 0 fully saturated rings. The van der Waals surface area contributed by atoms with E-state index in [-0.39, 0.29) is 11.8 Å². The highest BCUT2D eigenvalue weighted by Crippen LogP contribution is 2.16. The summed E-state index contributed by atoms with van der Waals surface area (Å²) < 4.78 is 0.915. The predicted molar refractivity (Wildman–Crippen MR) is 68.1 cm³/mol. The highest BCUT2D eigenvalue weighted by molar-refractivity contribution is 9.10. The molecule has 16 heavy (non-hydrogen) atoms. The molecule has 0 aliphatic rings. The Morgan fingerprint density at radius 1 is 1.50 bits per heavy atom. The first-order valence-corrected chi connectivity index (χ1v) is 5.90. The molecule has 1 amide bonds. The van der Waals surface area contributed by atoms with Gasteiger partial charge in [0.2, 0.25) is 5.91 Å². The summed E-state index contributed by atoms with van der Waals surface area (Å²) in [6.07, 6.45) is 0. The molecule has 0 saturated carbocycles. The Bertz CT molecular complexity index is 393. The van der Waals surface area contributed by atoms with Gasteiger partial charge in [0.1, 0.15) is 5.82 Å². The van der Waals surface area contributed by atoms with Gasteiger partial charge in [-0.3, -0.25) is 4.79 Å². The molecule has 5 heteroatoms. The Kier molecular flexibility index (Phi) is 4.44. The van der Waals surface area contributed by atoms with Gasteiger partial charge in [-0.2, -0.15) is 0 Å². The van der Waals surface area contributed by atoms with Gasteiger partial charge in [-0.1, -0.05) is 13.8 Å². The van der Waals surface area contributed by atoms with Crippen LogP contribution in [-0.4, -0.2) is 16.9 Å². The van der Waals surface area contributed by atoms with Gasteiger partial charge in [0.05, 0.1) is 11.7 Å². The summed E-state index contributed by atoms with van der Waals surface area (Å²) in [5.41, 5.74) is 6.56. The van der Waals surface area contributed by atoms with E-state index in [1.54, 1.807) is 6.07 Å². The molecule has 0 aliphatic heterocycles. The van der Waals surface area contributed by atoms with E-state index in [1.807, 2.05) is 26.8 Å². The Hall–Kier alpha value is -0.940. The lowest BCUT2D eigenvalue weighted by Gasteiger charge is -2.15. The standard InChI is InChI=1S/C11H16BrN3O/c1-6(2)10(13)11(16)15-9-5-4-8(12)7(3)14-9/h4-6,10H,13H2,1-3H3,(H,14,15,16)/t10-/m1/s1. The molecule has 3 N–H and O–H groups in total. The minimum Gasteiger partial charge on any atom is -0.320 e. The van der Waals surface area contributed by atoms with E-state index in [1.165, 1.54) is 0 Å². The first kappa shape index (κ1) is 13.1. The van der Waals surface area contributed by atoms with Gasteiger partial charge >= 0.3 is 0 Å². The van der Waals surface area contributed by atoms with Crippen molar-refractivity contribution in [2.24, 2.45) is 11.7 Å². The molecule has 0 aliphatic carbocycles. The van der Waals surface area contributed by atoms with Gasteiger partial charge < -0.3 is 11.1 Å². The lowest BCUT2D eigenvalue weighted by Crippen LogP contribution is -2.39. The van der Waals surface area contributed by atoms with Crippen LogP contribution in [0.1, 0.15) is 19.5 Å². The Balaban J connectivity index is 2.74. The summed E-state index contributed by atoms with van der Waals surface area (Å²) in [7, 11) is 0. The minimum absolute atomic E-state index is 0.108. The minimum atomic E-state index is -0.509. The molecule has 4 nitrogen and oxygen atoms in total. The number of amides is 1. The molecular formula is C11H16BrN3O. The Morgan fingerprint density at radius 3 is 2.62 bits per heavy atom. The number of hydrogen-bond acceptors (Lipinski definition) is 3. The first-order chi connectivity index (χ1) is 7.41. The maximum absolute atomic E-state index is 11.7. The van der Waals surface area contributed by atoms with Crippen LogP contribution in [0.5, 0.6) is 0 Å². The van der Waals surface area contributed by atoms with Gasteiger partial charge in [-0.05, 0) is 40.9 Å². The van der Waals surface area contributed by atoms with Crippen LogP contribution in [0.25, 0.3) is 0 Å². The lowest BCUT2D eigenvalue weighted by atomic mass is 10.1. The molecule has 0 bridgehead atoms. The van der Waals surface area contributed by atoms with Crippen molar-refractivity contribution in [3.63, 3.8) is 0 Å². The van der Waals surface area contributed by atoms with E-state index >= 15 is 0 Å². The van der Waals surface area contributed by atoms with Crippen LogP contribution in [0.2, 0.25) is 0 Å². The summed E-state index contributed by atoms with van der Waals surface area (Å²) in [4.78, 5) is 15.9. The maximum atomic E-state index is 11.7. The van der Waals surface area contributed by atoms with Crippen molar-refractivity contribution in [1.29, 1.82) is 0 Å². The number of aromatic nitrogens is 1. The predicted octanol–water partition coefficient (Wildman–Crippen LogP) is 2.07. The molecule has 1 heterocycles. The molecule has 1 aromatic rings. The van der Waals surface area contributed by atoms with Crippen LogP contribution < -0.4 is 11.1 Å². The summed E-state index contributed by atoms with van der Waals surface area (Å²) in [5.74, 6) is 0.433. The summed E-state index contributed by atoms with van der Waals surface area (Å²) in [6, 6.07) is 3.08. The van der Waals surface area contributed by atoms with Crippen molar-refractivity contribution in [2.45, 2.75) is 26.8 Å². The van der Waals surface area contributed by atoms with Crippen LogP contribution in [0.4, 0.5) is 5.82 Å². The van der Waals surface area contributed by atoms with E-state index in [0.29, 0.717) is 5.82 Å². The topological polar surface area (TPSA) is 68.0 Å². The molecule has 88 valence electrons. The number of halogens is 1. The third kappa shape index (κ3) is 3.28.